The number of hydroxylamine groups is 2. The maximum Gasteiger partial charge on any atom is 0.358 e. The average molecular weight is 2130 g/mol. The molecule has 13 amide bonds. The fraction of sp³-hybridized carbons (Fsp3) is 0.741. The number of amides is 13. The number of aliphatic hydroxyl groups excluding tert-OH is 3. The highest BCUT2D eigenvalue weighted by Gasteiger charge is 2.47. The molecule has 0 aliphatic carbocycles. The molecule has 12 saturated heterocycles. The highest BCUT2D eigenvalue weighted by molar-refractivity contribution is 9.09. The van der Waals surface area contributed by atoms with E-state index in [1.807, 2.05) is 89.4 Å². The van der Waals surface area contributed by atoms with E-state index < -0.39 is 47.6 Å². The predicted octanol–water partition coefficient (Wildman–Crippen LogP) is 2.23. The molecule has 16 atom stereocenters. The van der Waals surface area contributed by atoms with Crippen molar-refractivity contribution in [2.75, 3.05) is 158 Å². The summed E-state index contributed by atoms with van der Waals surface area (Å²) in [5.74, 6) is -1.58. The quantitative estimate of drug-likeness (QED) is 0.0146. The van der Waals surface area contributed by atoms with Crippen LogP contribution in [0.2, 0.25) is 0 Å². The molecule has 20 N–H and O–H groups in total. The van der Waals surface area contributed by atoms with Gasteiger partial charge in [0, 0.05) is 179 Å². The van der Waals surface area contributed by atoms with E-state index in [-0.39, 0.29) is 170 Å². The van der Waals surface area contributed by atoms with Gasteiger partial charge in [-0.15, -0.1) is 5.06 Å². The zero-order valence-electron chi connectivity index (χ0n) is 77.6. The van der Waals surface area contributed by atoms with Crippen LogP contribution in [-0.4, -0.2) is 417 Å². The number of hydrogen-bond acceptors (Lipinski definition) is 34. The second-order valence-electron chi connectivity index (χ2n) is 33.6. The minimum absolute atomic E-state index is 0. The molecule has 1 aromatic rings. The molecule has 45 nitrogen and oxygen atoms in total. The Balaban J connectivity index is 0.000000378. The number of anilines is 1. The van der Waals surface area contributed by atoms with Crippen LogP contribution in [-0.2, 0) is 90.6 Å². The molecule has 1 aromatic carbocycles. The Morgan fingerprint density at radius 2 is 0.768 bits per heavy atom. The van der Waals surface area contributed by atoms with Crippen LogP contribution in [0, 0.1) is 4.78 Å². The van der Waals surface area contributed by atoms with Gasteiger partial charge in [-0.25, -0.2) is 38.3 Å². The number of aliphatic hydroxyl groups is 3. The molecular formula is C85H138BBrN17O28S6. The Hall–Kier alpha value is -7.75. The van der Waals surface area contributed by atoms with Gasteiger partial charge in [0.1, 0.15) is 38.7 Å². The lowest BCUT2D eigenvalue weighted by atomic mass is 10.0. The van der Waals surface area contributed by atoms with Crippen molar-refractivity contribution in [3.05, 3.63) is 29.8 Å². The minimum atomic E-state index is -1.01. The molecule has 777 valence electrons. The zero-order valence-corrected chi connectivity index (χ0v) is 84.1. The first-order valence-electron chi connectivity index (χ1n) is 45.9. The van der Waals surface area contributed by atoms with Gasteiger partial charge in [0.15, 0.2) is 0 Å². The van der Waals surface area contributed by atoms with Crippen molar-refractivity contribution >= 4 is 199 Å². The van der Waals surface area contributed by atoms with Crippen LogP contribution in [0.5, 0.6) is 0 Å². The van der Waals surface area contributed by atoms with E-state index >= 15 is 0 Å². The van der Waals surface area contributed by atoms with Gasteiger partial charge in [-0.3, -0.25) is 53.2 Å². The molecule has 0 spiro atoms. The SMILES string of the molecule is C=O.C=O.N=S.O=C(O)CBr.O=C(O)CCCCC1SCC2NC(=O)NC21.O=C(O)CN1CCN(CO)CCN(CO)CCN(CC(=O)O)C(Cc2ccc(NC(=O)COCCCCCC3SCC4NC(=O)NC43)cc2)C1.O=C(O)COCCCCCC1SCC2NC(=O)NC21.O=C1NC2CSC(CCCCCO)C2N1.O=C1NC2CSC(CCCCCOCC(=O)ON3C(=O)CCC3=O)C2N1.[B]. The number of halogens is 1. The van der Waals surface area contributed by atoms with E-state index in [9.17, 15) is 87.5 Å². The van der Waals surface area contributed by atoms with Gasteiger partial charge in [0.05, 0.1) is 87.0 Å². The number of alkyl halides is 1. The Morgan fingerprint density at radius 3 is 1.11 bits per heavy atom. The van der Waals surface area contributed by atoms with Crippen molar-refractivity contribution in [2.24, 2.45) is 0 Å². The summed E-state index contributed by atoms with van der Waals surface area (Å²) in [6, 6.07) is 9.33. The third-order valence-corrected chi connectivity index (χ3v) is 31.8. The first-order valence-corrected chi connectivity index (χ1v) is 52.6. The van der Waals surface area contributed by atoms with E-state index in [1.165, 1.54) is 0 Å². The number of rotatable bonds is 45. The molecule has 12 aliphatic rings. The number of carboxylic acids is 5. The average Bonchev–Trinajstić information content (AvgIpc) is 1.68. The summed E-state index contributed by atoms with van der Waals surface area (Å²) >= 11 is 15.6. The summed E-state index contributed by atoms with van der Waals surface area (Å²) < 4.78 is 21.1. The number of nitrogens with one attached hydrogen (secondary N) is 12. The summed E-state index contributed by atoms with van der Waals surface area (Å²) in [5, 5.41) is 108. The van der Waals surface area contributed by atoms with E-state index in [0.717, 1.165) is 156 Å². The van der Waals surface area contributed by atoms with Crippen LogP contribution < -0.4 is 58.5 Å². The summed E-state index contributed by atoms with van der Waals surface area (Å²) in [6.45, 7) is 6.96. The number of imide groups is 1. The molecule has 3 radical (unpaired) electrons. The summed E-state index contributed by atoms with van der Waals surface area (Å²) in [4.78, 5) is 184. The number of benzene rings is 1. The Kier molecular flexibility index (Phi) is 62.2. The topological polar surface area (TPSA) is 644 Å². The van der Waals surface area contributed by atoms with Gasteiger partial charge in [-0.1, -0.05) is 85.9 Å². The fourth-order valence-electron chi connectivity index (χ4n) is 17.0. The maximum atomic E-state index is 12.5. The van der Waals surface area contributed by atoms with Crippen molar-refractivity contribution in [1.29, 1.82) is 4.78 Å². The first kappa shape index (κ1) is 123. The molecule has 0 bridgehead atoms. The number of carboxylic acid groups (broad SMARTS) is 5. The highest BCUT2D eigenvalue weighted by atomic mass is 79.9. The fourth-order valence-corrected chi connectivity index (χ4v) is 24.8. The number of unbranched alkanes of at least 4 members (excludes halogenated alkanes) is 9. The van der Waals surface area contributed by atoms with E-state index in [4.69, 9.17) is 53.8 Å². The Labute approximate surface area is 840 Å². The van der Waals surface area contributed by atoms with Gasteiger partial charge in [0.25, 0.3) is 11.8 Å². The van der Waals surface area contributed by atoms with Crippen molar-refractivity contribution in [3.63, 3.8) is 0 Å². The van der Waals surface area contributed by atoms with Crippen LogP contribution in [0.4, 0.5) is 29.7 Å². The number of aliphatic carboxylic acids is 5. The zero-order chi connectivity index (χ0) is 101. The second kappa shape index (κ2) is 70.0. The van der Waals surface area contributed by atoms with Crippen LogP contribution in [0.25, 0.3) is 0 Å². The lowest BCUT2D eigenvalue weighted by molar-refractivity contribution is -0.200. The van der Waals surface area contributed by atoms with Crippen molar-refractivity contribution in [2.45, 2.75) is 240 Å². The Bertz CT molecular complexity index is 3880. The smallest absolute Gasteiger partial charge is 0.358 e. The number of carbonyl (C=O) groups excluding carboxylic acids is 11. The molecule has 53 heteroatoms. The molecule has 16 unspecified atom stereocenters. The second-order valence-corrected chi connectivity index (χ2v) is 40.5. The lowest BCUT2D eigenvalue weighted by Gasteiger charge is -2.37. The molecule has 13 rings (SSSR count). The number of fused-ring (bicyclic) bond motifs is 5. The third-order valence-electron chi connectivity index (χ3n) is 23.8. The maximum absolute atomic E-state index is 12.5. The van der Waals surface area contributed by atoms with E-state index in [1.54, 1.807) is 26.8 Å². The number of carbonyl (C=O) groups is 16. The lowest BCUT2D eigenvalue weighted by Crippen LogP contribution is -2.53. The molecule has 0 aromatic heterocycles. The number of ether oxygens (including phenoxy) is 3. The Morgan fingerprint density at radius 1 is 0.428 bits per heavy atom. The molecule has 12 aliphatic heterocycles. The van der Waals surface area contributed by atoms with E-state index in [0.29, 0.717) is 127 Å². The van der Waals surface area contributed by atoms with E-state index in [2.05, 4.69) is 86.8 Å². The standard InChI is InChI=1S/C33H53N7O9S.C16H23N3O6S.C12H20N2O4S.C10H16N2O3S.C10H18N2O2S.C2H3BrO2.2CH2O.B.HNS/c41-22-37-9-10-38(23-42)13-14-40(19-31(46)47)26(17-39(12-11-37)18-30(44)45)16-24-5-7-25(8-6-24)34-29(43)20-49-15-3-1-2-4-28-32-27(21-50-28)35-33(48)36-32;20-12-5-6-13(21)19(12)25-14(22)8-24-7-3-1-2-4-11-15-10(9-26-11)17-16(23)18-15;15-10(16)6-18-5-3-1-2-4-9-11-8(7-19-9)13-12(17)14-11;13-8(14)4-2-1-3-7-9-6(5-16-7)11-10(15)12-9;13-5-3-1-2-4-8-9-7(6-15-8)11-10(14)12-9;3-1-2(4)5;2*1-2;;1-2/h5-8,26-28,32,41-42H,1-4,9-23H2,(H,34,43)(H,44,45)(H,46,47)(H2,35,36,48);10-11,15H,1-9H2,(H2,17,18,23);8-9,11H,1-7H2,(H,15,16)(H2,13,14,17);6-7,9H,1-5H2,(H,13,14)(H2,11,12,15);7-9,13H,1-6H2,(H2,11,12,14);1H2,(H,4,5);2*1H2;;1H. The number of thioether (sulfide) groups is 5. The van der Waals surface area contributed by atoms with Crippen LogP contribution in [0.15, 0.2) is 24.3 Å². The van der Waals surface area contributed by atoms with Crippen molar-refractivity contribution < 1.29 is 137 Å². The number of urea groups is 5. The van der Waals surface area contributed by atoms with Gasteiger partial charge in [0.2, 0.25) is 5.91 Å². The van der Waals surface area contributed by atoms with Gasteiger partial charge < -0.3 is 128 Å². The van der Waals surface area contributed by atoms with Crippen LogP contribution in [0.1, 0.15) is 147 Å². The van der Waals surface area contributed by atoms with Gasteiger partial charge in [-0.05, 0) is 88.3 Å². The third kappa shape index (κ3) is 46.1. The van der Waals surface area contributed by atoms with Gasteiger partial charge in [-0.2, -0.15) is 58.8 Å². The molecule has 12 fully saturated rings. The predicted molar refractivity (Wildman–Crippen MR) is 526 cm³/mol. The molecule has 12 heterocycles. The summed E-state index contributed by atoms with van der Waals surface area (Å²) in [6.07, 6.45) is 19.6. The van der Waals surface area contributed by atoms with Crippen molar-refractivity contribution in [1.82, 2.24) is 77.8 Å². The molecule has 138 heavy (non-hydrogen) atoms. The molecular weight excluding hydrogens is 1990 g/mol. The van der Waals surface area contributed by atoms with Gasteiger partial charge >= 0.3 is 66.0 Å². The van der Waals surface area contributed by atoms with Crippen LogP contribution in [0.3, 0.4) is 0 Å². The summed E-state index contributed by atoms with van der Waals surface area (Å²) in [7, 11) is 0. The highest BCUT2D eigenvalue weighted by Crippen LogP contribution is 2.38. The number of hydrogen-bond donors (Lipinski definition) is 20. The van der Waals surface area contributed by atoms with Crippen LogP contribution >= 0.6 is 74.7 Å². The monoisotopic (exact) mass is 2130 g/mol. The minimum Gasteiger partial charge on any atom is -0.481 e. The van der Waals surface area contributed by atoms with Crippen molar-refractivity contribution in [3.8, 4) is 0 Å². The molecule has 0 saturated carbocycles. The summed E-state index contributed by atoms with van der Waals surface area (Å²) in [5.41, 5.74) is 1.48. The first-order chi connectivity index (χ1) is 66.1. The largest absolute Gasteiger partial charge is 0.481 e. The number of nitrogens with zero attached hydrogens (tertiary/aromatic N) is 5. The normalized spacial score (nSPS) is 25.7.